The molecule has 0 saturated heterocycles. The zero-order valence-electron chi connectivity index (χ0n) is 15.1. The molecule has 3 heterocycles. The molecule has 0 fully saturated rings. The first-order chi connectivity index (χ1) is 13.0. The first kappa shape index (κ1) is 17.2. The topological polar surface area (TPSA) is 80.1 Å². The minimum absolute atomic E-state index is 0.139. The first-order valence-corrected chi connectivity index (χ1v) is 9.14. The van der Waals surface area contributed by atoms with Crippen molar-refractivity contribution in [3.05, 3.63) is 58.8 Å². The van der Waals surface area contributed by atoms with Crippen LogP contribution in [0.5, 0.6) is 0 Å². The lowest BCUT2D eigenvalue weighted by atomic mass is 10.2. The quantitative estimate of drug-likeness (QED) is 0.554. The molecule has 4 rings (SSSR count). The second-order valence-corrected chi connectivity index (χ2v) is 7.27. The zero-order valence-corrected chi connectivity index (χ0v) is 15.9. The number of nitrogens with zero attached hydrogens (tertiary/aromatic N) is 4. The Balaban J connectivity index is 1.95. The standard InChI is InChI=1S/C19H17N5O2S/c1-11-4-6-13(7-5-11)24-10-21-16-15-14(23(3)22-12(2)25)8-9-20-18(15)27-17(16)19(24)26/h4-10H,1-3H3,(H,22,25). The Hall–Kier alpha value is -3.26. The van der Waals surface area contributed by atoms with Crippen molar-refractivity contribution in [1.29, 1.82) is 0 Å². The number of hydrogen-bond donors (Lipinski definition) is 1. The number of aryl methyl sites for hydroxylation is 1. The summed E-state index contributed by atoms with van der Waals surface area (Å²) in [5.74, 6) is -0.184. The van der Waals surface area contributed by atoms with Gasteiger partial charge in [-0.15, -0.1) is 11.3 Å². The van der Waals surface area contributed by atoms with Crippen molar-refractivity contribution in [3.63, 3.8) is 0 Å². The summed E-state index contributed by atoms with van der Waals surface area (Å²) in [4.78, 5) is 34.1. The molecular weight excluding hydrogens is 362 g/mol. The van der Waals surface area contributed by atoms with E-state index in [1.165, 1.54) is 29.2 Å². The van der Waals surface area contributed by atoms with Crippen LogP contribution in [-0.4, -0.2) is 27.5 Å². The smallest absolute Gasteiger partial charge is 0.275 e. The molecule has 0 saturated carbocycles. The largest absolute Gasteiger partial charge is 0.288 e. The second kappa shape index (κ2) is 6.48. The highest BCUT2D eigenvalue weighted by atomic mass is 32.1. The molecule has 136 valence electrons. The third kappa shape index (κ3) is 2.93. The van der Waals surface area contributed by atoms with E-state index in [4.69, 9.17) is 0 Å². The summed E-state index contributed by atoms with van der Waals surface area (Å²) in [6.07, 6.45) is 3.19. The zero-order chi connectivity index (χ0) is 19.1. The van der Waals surface area contributed by atoms with Crippen molar-refractivity contribution in [1.82, 2.24) is 20.0 Å². The van der Waals surface area contributed by atoms with Crippen LogP contribution in [0.25, 0.3) is 26.1 Å². The van der Waals surface area contributed by atoms with Crippen LogP contribution in [0.2, 0.25) is 0 Å². The Kier molecular flexibility index (Phi) is 4.12. The number of hydrazine groups is 1. The van der Waals surface area contributed by atoms with Gasteiger partial charge in [0.15, 0.2) is 0 Å². The Bertz CT molecular complexity index is 1230. The van der Waals surface area contributed by atoms with Gasteiger partial charge < -0.3 is 0 Å². The van der Waals surface area contributed by atoms with Gasteiger partial charge in [0.25, 0.3) is 5.56 Å². The number of carbonyl (C=O) groups is 1. The van der Waals surface area contributed by atoms with Crippen LogP contribution in [0.15, 0.2) is 47.7 Å². The summed E-state index contributed by atoms with van der Waals surface area (Å²) in [6, 6.07) is 9.49. The lowest BCUT2D eigenvalue weighted by Gasteiger charge is -2.19. The van der Waals surface area contributed by atoms with Crippen molar-refractivity contribution in [2.45, 2.75) is 13.8 Å². The molecule has 0 aliphatic rings. The number of thiophene rings is 1. The van der Waals surface area contributed by atoms with Gasteiger partial charge in [-0.2, -0.15) is 0 Å². The fraction of sp³-hybridized carbons (Fsp3) is 0.158. The molecule has 0 aliphatic carbocycles. The number of anilines is 1. The minimum atomic E-state index is -0.184. The summed E-state index contributed by atoms with van der Waals surface area (Å²) < 4.78 is 2.07. The molecular formula is C19H17N5O2S. The van der Waals surface area contributed by atoms with E-state index in [0.717, 1.165) is 22.3 Å². The molecule has 1 aromatic carbocycles. The van der Waals surface area contributed by atoms with Gasteiger partial charge >= 0.3 is 0 Å². The van der Waals surface area contributed by atoms with Gasteiger partial charge in [0, 0.05) is 20.2 Å². The third-order valence-corrected chi connectivity index (χ3v) is 5.33. The fourth-order valence-corrected chi connectivity index (χ4v) is 4.05. The maximum Gasteiger partial charge on any atom is 0.275 e. The highest BCUT2D eigenvalue weighted by Crippen LogP contribution is 2.35. The third-order valence-electron chi connectivity index (χ3n) is 4.26. The van der Waals surface area contributed by atoms with Gasteiger partial charge in [-0.1, -0.05) is 17.7 Å². The Morgan fingerprint density at radius 2 is 1.93 bits per heavy atom. The summed E-state index contributed by atoms with van der Waals surface area (Å²) in [5.41, 5.74) is 5.80. The predicted octanol–water partition coefficient (Wildman–Crippen LogP) is 2.79. The van der Waals surface area contributed by atoms with Gasteiger partial charge in [0.05, 0.1) is 16.8 Å². The molecule has 4 aromatic rings. The molecule has 1 N–H and O–H groups in total. The Morgan fingerprint density at radius 3 is 2.63 bits per heavy atom. The molecule has 0 unspecified atom stereocenters. The van der Waals surface area contributed by atoms with Crippen LogP contribution < -0.4 is 16.0 Å². The van der Waals surface area contributed by atoms with E-state index in [-0.39, 0.29) is 11.5 Å². The number of pyridine rings is 1. The van der Waals surface area contributed by atoms with Crippen LogP contribution in [0.1, 0.15) is 12.5 Å². The van der Waals surface area contributed by atoms with Crippen LogP contribution in [0.4, 0.5) is 5.69 Å². The van der Waals surface area contributed by atoms with Crippen molar-refractivity contribution in [3.8, 4) is 5.69 Å². The molecule has 7 nitrogen and oxygen atoms in total. The first-order valence-electron chi connectivity index (χ1n) is 8.32. The molecule has 0 aliphatic heterocycles. The van der Waals surface area contributed by atoms with Gasteiger partial charge in [0.1, 0.15) is 21.4 Å². The van der Waals surface area contributed by atoms with Gasteiger partial charge in [0.2, 0.25) is 5.91 Å². The van der Waals surface area contributed by atoms with Crippen LogP contribution in [0.3, 0.4) is 0 Å². The number of hydrogen-bond acceptors (Lipinski definition) is 6. The summed E-state index contributed by atoms with van der Waals surface area (Å²) in [7, 11) is 1.74. The fourth-order valence-electron chi connectivity index (χ4n) is 3.00. The highest BCUT2D eigenvalue weighted by molar-refractivity contribution is 7.25. The molecule has 0 bridgehead atoms. The average molecular weight is 379 g/mol. The summed E-state index contributed by atoms with van der Waals surface area (Å²) >= 11 is 1.30. The molecule has 8 heteroatoms. The molecule has 1 amide bonds. The number of carbonyl (C=O) groups excluding carboxylic acids is 1. The normalized spacial score (nSPS) is 11.1. The van der Waals surface area contributed by atoms with E-state index in [1.54, 1.807) is 24.3 Å². The van der Waals surface area contributed by atoms with Crippen molar-refractivity contribution in [2.75, 3.05) is 12.1 Å². The number of benzene rings is 1. The Labute approximate surface area is 158 Å². The second-order valence-electron chi connectivity index (χ2n) is 6.27. The SMILES string of the molecule is CC(=O)NN(C)c1ccnc2sc3c(=O)n(-c4ccc(C)cc4)cnc3c12. The van der Waals surface area contributed by atoms with Crippen molar-refractivity contribution >= 4 is 43.4 Å². The molecule has 0 spiro atoms. The lowest BCUT2D eigenvalue weighted by Crippen LogP contribution is -2.37. The summed E-state index contributed by atoms with van der Waals surface area (Å²) in [6.45, 7) is 3.44. The van der Waals surface area contributed by atoms with E-state index in [0.29, 0.717) is 15.0 Å². The Morgan fingerprint density at radius 1 is 1.19 bits per heavy atom. The maximum absolute atomic E-state index is 13.1. The van der Waals surface area contributed by atoms with Crippen molar-refractivity contribution < 1.29 is 4.79 Å². The number of aromatic nitrogens is 3. The number of amides is 1. The van der Waals surface area contributed by atoms with Crippen LogP contribution >= 0.6 is 11.3 Å². The average Bonchev–Trinajstić information content (AvgIpc) is 3.02. The number of fused-ring (bicyclic) bond motifs is 3. The number of rotatable bonds is 3. The van der Waals surface area contributed by atoms with Crippen molar-refractivity contribution in [2.24, 2.45) is 0 Å². The van der Waals surface area contributed by atoms with E-state index in [9.17, 15) is 9.59 Å². The minimum Gasteiger partial charge on any atom is -0.288 e. The lowest BCUT2D eigenvalue weighted by molar-refractivity contribution is -0.119. The van der Waals surface area contributed by atoms with Crippen LogP contribution in [0, 0.1) is 6.92 Å². The monoisotopic (exact) mass is 379 g/mol. The molecule has 0 radical (unpaired) electrons. The van der Waals surface area contributed by atoms with E-state index in [1.807, 2.05) is 31.2 Å². The van der Waals surface area contributed by atoms with Crippen LogP contribution in [-0.2, 0) is 4.79 Å². The van der Waals surface area contributed by atoms with Gasteiger partial charge in [-0.3, -0.25) is 24.6 Å². The molecule has 27 heavy (non-hydrogen) atoms. The van der Waals surface area contributed by atoms with E-state index >= 15 is 0 Å². The van der Waals surface area contributed by atoms with Gasteiger partial charge in [-0.05, 0) is 25.1 Å². The predicted molar refractivity (Wildman–Crippen MR) is 107 cm³/mol. The number of nitrogens with one attached hydrogen (secondary N) is 1. The van der Waals surface area contributed by atoms with Gasteiger partial charge in [-0.25, -0.2) is 9.97 Å². The highest BCUT2D eigenvalue weighted by Gasteiger charge is 2.18. The molecule has 3 aromatic heterocycles. The van der Waals surface area contributed by atoms with E-state index in [2.05, 4.69) is 15.4 Å². The van der Waals surface area contributed by atoms with E-state index < -0.39 is 0 Å². The molecule has 0 atom stereocenters. The maximum atomic E-state index is 13.1. The summed E-state index contributed by atoms with van der Waals surface area (Å²) in [5, 5.41) is 2.37.